The molecule has 0 unspecified atom stereocenters. The van der Waals surface area contributed by atoms with E-state index in [1.807, 2.05) is 30.3 Å². The smallest absolute Gasteiger partial charge is 0.271 e. The van der Waals surface area contributed by atoms with Gasteiger partial charge in [0.1, 0.15) is 5.75 Å². The van der Waals surface area contributed by atoms with E-state index >= 15 is 0 Å². The van der Waals surface area contributed by atoms with Crippen LogP contribution in [0.25, 0.3) is 10.9 Å². The Hall–Kier alpha value is -3.57. The lowest BCUT2D eigenvalue weighted by atomic mass is 10.1. The Morgan fingerprint density at radius 3 is 2.64 bits per heavy atom. The fraction of sp³-hybridized carbons (Fsp3) is 0.185. The van der Waals surface area contributed by atoms with E-state index in [4.69, 9.17) is 16.3 Å². The predicted octanol–water partition coefficient (Wildman–Crippen LogP) is 6.20. The average Bonchev–Trinajstić information content (AvgIpc) is 3.09. The second-order valence-corrected chi connectivity index (χ2v) is 8.24. The van der Waals surface area contributed by atoms with Crippen molar-refractivity contribution in [2.75, 3.05) is 6.61 Å². The number of carbonyl (C=O) groups is 1. The van der Waals surface area contributed by atoms with Crippen molar-refractivity contribution in [3.8, 4) is 5.75 Å². The first-order valence-corrected chi connectivity index (χ1v) is 11.3. The molecule has 0 saturated heterocycles. The maximum absolute atomic E-state index is 12.5. The Bertz CT molecular complexity index is 1290. The molecule has 33 heavy (non-hydrogen) atoms. The molecule has 0 radical (unpaired) electrons. The topological polar surface area (TPSA) is 55.6 Å². The van der Waals surface area contributed by atoms with Crippen molar-refractivity contribution in [2.45, 2.75) is 26.8 Å². The number of ether oxygens (including phenoxy) is 1. The highest BCUT2D eigenvalue weighted by atomic mass is 35.5. The predicted molar refractivity (Wildman–Crippen MR) is 135 cm³/mol. The van der Waals surface area contributed by atoms with Crippen molar-refractivity contribution in [3.05, 3.63) is 100 Å². The van der Waals surface area contributed by atoms with Gasteiger partial charge in [-0.25, -0.2) is 5.43 Å². The van der Waals surface area contributed by atoms with Gasteiger partial charge in [-0.1, -0.05) is 48.9 Å². The number of rotatable bonds is 8. The Kier molecular flexibility index (Phi) is 7.10. The summed E-state index contributed by atoms with van der Waals surface area (Å²) in [5.41, 5.74) is 7.41. The number of carbonyl (C=O) groups excluding carboxylic acids is 1. The molecule has 4 aromatic rings. The van der Waals surface area contributed by atoms with Crippen molar-refractivity contribution < 1.29 is 9.53 Å². The zero-order chi connectivity index (χ0) is 23.2. The SMILES string of the molecule is CCCOc1ccc(C(=O)N/N=C/c2c(C)n(Cc3cccc(Cl)c3)c3ccccc23)cc1. The fourth-order valence-electron chi connectivity index (χ4n) is 3.78. The number of hydrazone groups is 1. The number of nitrogens with one attached hydrogen (secondary N) is 1. The van der Waals surface area contributed by atoms with E-state index in [2.05, 4.69) is 47.1 Å². The van der Waals surface area contributed by atoms with Gasteiger partial charge < -0.3 is 9.30 Å². The van der Waals surface area contributed by atoms with Crippen LogP contribution in [0, 0.1) is 6.92 Å². The minimum atomic E-state index is -0.270. The molecule has 3 aromatic carbocycles. The summed E-state index contributed by atoms with van der Waals surface area (Å²) in [4.78, 5) is 12.5. The molecule has 1 amide bonds. The minimum absolute atomic E-state index is 0.270. The van der Waals surface area contributed by atoms with Crippen molar-refractivity contribution in [1.29, 1.82) is 0 Å². The fourth-order valence-corrected chi connectivity index (χ4v) is 4.00. The third-order valence-electron chi connectivity index (χ3n) is 5.46. The molecule has 0 bridgehead atoms. The monoisotopic (exact) mass is 459 g/mol. The number of benzene rings is 3. The molecule has 0 aliphatic rings. The summed E-state index contributed by atoms with van der Waals surface area (Å²) in [7, 11) is 0. The van der Waals surface area contributed by atoms with E-state index < -0.39 is 0 Å². The molecule has 5 nitrogen and oxygen atoms in total. The number of aromatic nitrogens is 1. The van der Waals surface area contributed by atoms with E-state index in [0.29, 0.717) is 18.7 Å². The Labute approximate surface area is 198 Å². The van der Waals surface area contributed by atoms with Gasteiger partial charge in [-0.05, 0) is 61.4 Å². The highest BCUT2D eigenvalue weighted by Crippen LogP contribution is 2.26. The second kappa shape index (κ2) is 10.4. The van der Waals surface area contributed by atoms with Crippen LogP contribution in [0.1, 0.15) is 40.5 Å². The molecular formula is C27H26ClN3O2. The molecule has 1 heterocycles. The van der Waals surface area contributed by atoms with Crippen LogP contribution in [0.5, 0.6) is 5.75 Å². The van der Waals surface area contributed by atoms with Gasteiger partial charge in [-0.3, -0.25) is 4.79 Å². The van der Waals surface area contributed by atoms with Gasteiger partial charge in [0.2, 0.25) is 0 Å². The lowest BCUT2D eigenvalue weighted by molar-refractivity contribution is 0.0955. The first-order valence-electron chi connectivity index (χ1n) is 11.0. The zero-order valence-corrected chi connectivity index (χ0v) is 19.5. The maximum Gasteiger partial charge on any atom is 0.271 e. The molecule has 1 aromatic heterocycles. The molecule has 0 aliphatic heterocycles. The third-order valence-corrected chi connectivity index (χ3v) is 5.69. The number of halogens is 1. The van der Waals surface area contributed by atoms with E-state index in [-0.39, 0.29) is 5.91 Å². The average molecular weight is 460 g/mol. The van der Waals surface area contributed by atoms with Crippen LogP contribution in [-0.4, -0.2) is 23.3 Å². The molecule has 0 aliphatic carbocycles. The molecule has 168 valence electrons. The summed E-state index contributed by atoms with van der Waals surface area (Å²) < 4.78 is 7.80. The van der Waals surface area contributed by atoms with Crippen LogP contribution in [0.2, 0.25) is 5.02 Å². The molecule has 0 atom stereocenters. The number of amides is 1. The van der Waals surface area contributed by atoms with E-state index in [9.17, 15) is 4.79 Å². The van der Waals surface area contributed by atoms with Crippen molar-refractivity contribution in [3.63, 3.8) is 0 Å². The third kappa shape index (κ3) is 5.26. The number of nitrogens with zero attached hydrogens (tertiary/aromatic N) is 2. The molecule has 0 saturated carbocycles. The Morgan fingerprint density at radius 1 is 1.09 bits per heavy atom. The van der Waals surface area contributed by atoms with Crippen LogP contribution in [0.4, 0.5) is 0 Å². The molecule has 0 fully saturated rings. The Balaban J connectivity index is 1.53. The van der Waals surface area contributed by atoms with Gasteiger partial charge in [0.05, 0.1) is 12.8 Å². The molecule has 0 spiro atoms. The van der Waals surface area contributed by atoms with Crippen LogP contribution in [-0.2, 0) is 6.54 Å². The van der Waals surface area contributed by atoms with Gasteiger partial charge in [-0.2, -0.15) is 5.10 Å². The molecule has 6 heteroatoms. The van der Waals surface area contributed by atoms with E-state index in [1.54, 1.807) is 30.5 Å². The van der Waals surface area contributed by atoms with Gasteiger partial charge >= 0.3 is 0 Å². The summed E-state index contributed by atoms with van der Waals surface area (Å²) in [5.74, 6) is 0.480. The van der Waals surface area contributed by atoms with Gasteiger partial charge in [0, 0.05) is 39.3 Å². The summed E-state index contributed by atoms with van der Waals surface area (Å²) >= 11 is 6.18. The van der Waals surface area contributed by atoms with Gasteiger partial charge in [0.25, 0.3) is 5.91 Å². The first kappa shape index (κ1) is 22.6. The van der Waals surface area contributed by atoms with Crippen LogP contribution < -0.4 is 10.2 Å². The first-order chi connectivity index (χ1) is 16.1. The standard InChI is InChI=1S/C27H26ClN3O2/c1-3-15-33-23-13-11-21(12-14-23)27(32)30-29-17-25-19(2)31(26-10-5-4-9-24(25)26)18-20-7-6-8-22(28)16-20/h4-14,16-17H,3,15,18H2,1-2H3,(H,30,32)/b29-17+. The van der Waals surface area contributed by atoms with Crippen LogP contribution in [0.3, 0.4) is 0 Å². The largest absolute Gasteiger partial charge is 0.494 e. The van der Waals surface area contributed by atoms with E-state index in [1.165, 1.54) is 0 Å². The van der Waals surface area contributed by atoms with Crippen molar-refractivity contribution in [1.82, 2.24) is 9.99 Å². The lowest BCUT2D eigenvalue weighted by Crippen LogP contribution is -2.17. The molecule has 1 N–H and O–H groups in total. The highest BCUT2D eigenvalue weighted by Gasteiger charge is 2.13. The van der Waals surface area contributed by atoms with E-state index in [0.717, 1.165) is 44.9 Å². The molecule has 4 rings (SSSR count). The normalized spacial score (nSPS) is 11.2. The molecular weight excluding hydrogens is 434 g/mol. The highest BCUT2D eigenvalue weighted by molar-refractivity contribution is 6.30. The number of hydrogen-bond donors (Lipinski definition) is 1. The van der Waals surface area contributed by atoms with Gasteiger partial charge in [0.15, 0.2) is 0 Å². The lowest BCUT2D eigenvalue weighted by Gasteiger charge is -2.09. The summed E-state index contributed by atoms with van der Waals surface area (Å²) in [6, 6.07) is 23.1. The number of fused-ring (bicyclic) bond motifs is 1. The van der Waals surface area contributed by atoms with Gasteiger partial charge in [-0.15, -0.1) is 0 Å². The van der Waals surface area contributed by atoms with Crippen molar-refractivity contribution in [2.24, 2.45) is 5.10 Å². The minimum Gasteiger partial charge on any atom is -0.494 e. The Morgan fingerprint density at radius 2 is 1.88 bits per heavy atom. The van der Waals surface area contributed by atoms with Crippen molar-refractivity contribution >= 4 is 34.6 Å². The summed E-state index contributed by atoms with van der Waals surface area (Å²) in [5, 5.41) is 6.04. The van der Waals surface area contributed by atoms with Crippen LogP contribution >= 0.6 is 11.6 Å². The number of hydrogen-bond acceptors (Lipinski definition) is 3. The van der Waals surface area contributed by atoms with Crippen LogP contribution in [0.15, 0.2) is 77.9 Å². The summed E-state index contributed by atoms with van der Waals surface area (Å²) in [6.07, 6.45) is 2.65. The zero-order valence-electron chi connectivity index (χ0n) is 18.7. The second-order valence-electron chi connectivity index (χ2n) is 7.80. The quantitative estimate of drug-likeness (QED) is 0.252. The summed E-state index contributed by atoms with van der Waals surface area (Å²) in [6.45, 7) is 5.46. The maximum atomic E-state index is 12.5. The number of para-hydroxylation sites is 1.